The number of hydrogen-bond acceptors (Lipinski definition) is 7. The standard InChI is InChI=1S/C17H9ClN4O3S/c18-11-5-3-10(4-6-11)12-8-26-17-14(12)16(20-9-21-17)25-13-2-1-7-19-15(13)22(23)24/h1-9H. The van der Waals surface area contributed by atoms with Crippen LogP contribution in [-0.4, -0.2) is 19.9 Å². The minimum atomic E-state index is -0.596. The number of ether oxygens (including phenoxy) is 1. The van der Waals surface area contributed by atoms with E-state index < -0.39 is 4.92 Å². The molecule has 1 aromatic carbocycles. The van der Waals surface area contributed by atoms with Gasteiger partial charge in [0.25, 0.3) is 0 Å². The van der Waals surface area contributed by atoms with Crippen molar-refractivity contribution in [3.05, 3.63) is 69.4 Å². The van der Waals surface area contributed by atoms with Gasteiger partial charge in [-0.25, -0.2) is 9.97 Å². The van der Waals surface area contributed by atoms with Crippen LogP contribution in [0.5, 0.6) is 11.6 Å². The molecule has 0 bridgehead atoms. The first-order valence-corrected chi connectivity index (χ1v) is 8.64. The average molecular weight is 385 g/mol. The van der Waals surface area contributed by atoms with E-state index in [9.17, 15) is 10.1 Å². The largest absolute Gasteiger partial charge is 0.429 e. The lowest BCUT2D eigenvalue weighted by atomic mass is 10.1. The number of hydrogen-bond donors (Lipinski definition) is 0. The van der Waals surface area contributed by atoms with Crippen LogP contribution in [0.2, 0.25) is 5.02 Å². The molecule has 3 heterocycles. The van der Waals surface area contributed by atoms with E-state index in [2.05, 4.69) is 15.0 Å². The molecule has 0 amide bonds. The molecule has 0 saturated heterocycles. The molecule has 4 aromatic rings. The molecule has 0 aliphatic rings. The van der Waals surface area contributed by atoms with Gasteiger partial charge in [-0.1, -0.05) is 23.7 Å². The maximum Gasteiger partial charge on any atom is 0.406 e. The number of thiophene rings is 1. The zero-order chi connectivity index (χ0) is 18.1. The van der Waals surface area contributed by atoms with Crippen molar-refractivity contribution in [2.75, 3.05) is 0 Å². The lowest BCUT2D eigenvalue weighted by Crippen LogP contribution is -1.97. The molecule has 0 saturated carbocycles. The van der Waals surface area contributed by atoms with Gasteiger partial charge in [-0.2, -0.15) is 0 Å². The zero-order valence-corrected chi connectivity index (χ0v) is 14.6. The van der Waals surface area contributed by atoms with Gasteiger partial charge in [-0.05, 0) is 39.7 Å². The molecular weight excluding hydrogens is 376 g/mol. The maximum absolute atomic E-state index is 11.2. The van der Waals surface area contributed by atoms with Crippen LogP contribution < -0.4 is 4.74 Å². The molecule has 7 nitrogen and oxygen atoms in total. The highest BCUT2D eigenvalue weighted by molar-refractivity contribution is 7.17. The van der Waals surface area contributed by atoms with E-state index in [0.717, 1.165) is 11.1 Å². The van der Waals surface area contributed by atoms with Gasteiger partial charge in [0.15, 0.2) is 0 Å². The Morgan fingerprint density at radius 1 is 1.12 bits per heavy atom. The Labute approximate surface area is 156 Å². The summed E-state index contributed by atoms with van der Waals surface area (Å²) in [5.41, 5.74) is 1.78. The Hall–Kier alpha value is -3.10. The Bertz CT molecular complexity index is 1110. The highest BCUT2D eigenvalue weighted by Crippen LogP contribution is 2.40. The Balaban J connectivity index is 1.85. The molecule has 0 fully saturated rings. The third-order valence-electron chi connectivity index (χ3n) is 3.62. The van der Waals surface area contributed by atoms with Crippen molar-refractivity contribution in [1.82, 2.24) is 15.0 Å². The van der Waals surface area contributed by atoms with E-state index in [-0.39, 0.29) is 17.4 Å². The fraction of sp³-hybridized carbons (Fsp3) is 0. The number of halogens is 1. The molecular formula is C17H9ClN4O3S. The van der Waals surface area contributed by atoms with E-state index in [4.69, 9.17) is 16.3 Å². The summed E-state index contributed by atoms with van der Waals surface area (Å²) in [4.78, 5) is 23.5. The predicted molar refractivity (Wildman–Crippen MR) is 98.8 cm³/mol. The topological polar surface area (TPSA) is 91.0 Å². The summed E-state index contributed by atoms with van der Waals surface area (Å²) < 4.78 is 5.75. The molecule has 128 valence electrons. The van der Waals surface area contributed by atoms with Crippen molar-refractivity contribution < 1.29 is 9.66 Å². The molecule has 0 atom stereocenters. The molecule has 4 rings (SSSR count). The second-order valence-corrected chi connectivity index (χ2v) is 6.49. The summed E-state index contributed by atoms with van der Waals surface area (Å²) >= 11 is 7.39. The fourth-order valence-electron chi connectivity index (χ4n) is 2.47. The minimum absolute atomic E-state index is 0.0192. The number of fused-ring (bicyclic) bond motifs is 1. The number of benzene rings is 1. The van der Waals surface area contributed by atoms with Gasteiger partial charge in [-0.3, -0.25) is 0 Å². The van der Waals surface area contributed by atoms with E-state index in [0.29, 0.717) is 15.2 Å². The molecule has 0 aliphatic heterocycles. The first-order valence-electron chi connectivity index (χ1n) is 7.39. The molecule has 0 unspecified atom stereocenters. The van der Waals surface area contributed by atoms with Crippen molar-refractivity contribution >= 4 is 39.0 Å². The SMILES string of the molecule is O=[N+]([O-])c1ncccc1Oc1ncnc2scc(-c3ccc(Cl)cc3)c12. The number of nitro groups is 1. The summed E-state index contributed by atoms with van der Waals surface area (Å²) in [6, 6.07) is 10.4. The highest BCUT2D eigenvalue weighted by atomic mass is 35.5. The quantitative estimate of drug-likeness (QED) is 0.358. The van der Waals surface area contributed by atoms with Gasteiger partial charge in [-0.15, -0.1) is 11.3 Å². The third-order valence-corrected chi connectivity index (χ3v) is 4.76. The molecule has 0 aliphatic carbocycles. The average Bonchev–Trinajstić information content (AvgIpc) is 3.08. The molecule has 3 aromatic heterocycles. The number of nitrogens with zero attached hydrogens (tertiary/aromatic N) is 4. The maximum atomic E-state index is 11.2. The van der Waals surface area contributed by atoms with Crippen LogP contribution in [0.15, 0.2) is 54.3 Å². The lowest BCUT2D eigenvalue weighted by Gasteiger charge is -2.07. The van der Waals surface area contributed by atoms with Crippen LogP contribution in [0.4, 0.5) is 5.82 Å². The monoisotopic (exact) mass is 384 g/mol. The summed E-state index contributed by atoms with van der Waals surface area (Å²) in [7, 11) is 0. The minimum Gasteiger partial charge on any atom is -0.429 e. The summed E-state index contributed by atoms with van der Waals surface area (Å²) in [5, 5.41) is 14.4. The van der Waals surface area contributed by atoms with Crippen molar-refractivity contribution in [3.8, 4) is 22.8 Å². The van der Waals surface area contributed by atoms with Crippen LogP contribution in [0.25, 0.3) is 21.3 Å². The zero-order valence-electron chi connectivity index (χ0n) is 13.0. The summed E-state index contributed by atoms with van der Waals surface area (Å²) in [6.45, 7) is 0. The van der Waals surface area contributed by atoms with E-state index >= 15 is 0 Å². The van der Waals surface area contributed by atoms with Crippen molar-refractivity contribution in [2.45, 2.75) is 0 Å². The van der Waals surface area contributed by atoms with Gasteiger partial charge >= 0.3 is 5.82 Å². The fourth-order valence-corrected chi connectivity index (χ4v) is 3.50. The predicted octanol–water partition coefficient (Wildman–Crippen LogP) is 5.11. The second-order valence-electron chi connectivity index (χ2n) is 5.20. The Morgan fingerprint density at radius 3 is 2.69 bits per heavy atom. The van der Waals surface area contributed by atoms with E-state index in [1.165, 1.54) is 29.9 Å². The van der Waals surface area contributed by atoms with Crippen molar-refractivity contribution in [1.29, 1.82) is 0 Å². The summed E-state index contributed by atoms with van der Waals surface area (Å²) in [6.07, 6.45) is 2.70. The third kappa shape index (κ3) is 2.96. The van der Waals surface area contributed by atoms with Crippen molar-refractivity contribution in [3.63, 3.8) is 0 Å². The van der Waals surface area contributed by atoms with Gasteiger partial charge in [0.05, 0.1) is 5.39 Å². The normalized spacial score (nSPS) is 10.8. The smallest absolute Gasteiger partial charge is 0.406 e. The number of rotatable bonds is 4. The molecule has 0 radical (unpaired) electrons. The molecule has 0 N–H and O–H groups in total. The first kappa shape index (κ1) is 16.4. The van der Waals surface area contributed by atoms with Crippen LogP contribution in [-0.2, 0) is 0 Å². The van der Waals surface area contributed by atoms with E-state index in [1.807, 2.05) is 17.5 Å². The Kier molecular flexibility index (Phi) is 4.19. The summed E-state index contributed by atoms with van der Waals surface area (Å²) in [5.74, 6) is -0.120. The van der Waals surface area contributed by atoms with Crippen LogP contribution >= 0.6 is 22.9 Å². The van der Waals surface area contributed by atoms with Crippen LogP contribution in [0.1, 0.15) is 0 Å². The van der Waals surface area contributed by atoms with Gasteiger partial charge in [0.2, 0.25) is 11.6 Å². The van der Waals surface area contributed by atoms with Crippen LogP contribution in [0.3, 0.4) is 0 Å². The van der Waals surface area contributed by atoms with Crippen molar-refractivity contribution in [2.24, 2.45) is 0 Å². The van der Waals surface area contributed by atoms with Crippen LogP contribution in [0, 0.1) is 10.1 Å². The first-order chi connectivity index (χ1) is 12.6. The highest BCUT2D eigenvalue weighted by Gasteiger charge is 2.20. The second kappa shape index (κ2) is 6.66. The van der Waals surface area contributed by atoms with Gasteiger partial charge < -0.3 is 14.9 Å². The molecule has 9 heteroatoms. The molecule has 0 spiro atoms. The van der Waals surface area contributed by atoms with Gasteiger partial charge in [0, 0.05) is 16.0 Å². The van der Waals surface area contributed by atoms with E-state index in [1.54, 1.807) is 18.2 Å². The molecule has 26 heavy (non-hydrogen) atoms. The lowest BCUT2D eigenvalue weighted by molar-refractivity contribution is -0.390. The van der Waals surface area contributed by atoms with Gasteiger partial charge in [0.1, 0.15) is 17.4 Å². The number of aromatic nitrogens is 3. The Morgan fingerprint density at radius 2 is 1.92 bits per heavy atom. The number of pyridine rings is 1.